The molecular formula is C107H121Br2N3. The molecule has 0 spiro atoms. The highest BCUT2D eigenvalue weighted by Gasteiger charge is 2.35. The van der Waals surface area contributed by atoms with E-state index in [4.69, 9.17) is 0 Å². The van der Waals surface area contributed by atoms with Gasteiger partial charge in [0.15, 0.2) is 0 Å². The zero-order valence-electron chi connectivity index (χ0n) is 69.5. The first-order valence-corrected chi connectivity index (χ1v) is 43.9. The van der Waals surface area contributed by atoms with Crippen molar-refractivity contribution in [2.24, 2.45) is 0 Å². The second-order valence-electron chi connectivity index (χ2n) is 32.4. The average Bonchev–Trinajstić information content (AvgIpc) is 1.58. The Bertz CT molecular complexity index is 4800. The van der Waals surface area contributed by atoms with Crippen LogP contribution < -0.4 is 15.1 Å². The number of fused-ring (bicyclic) bond motifs is 6. The number of hydrogen-bond donors (Lipinski definition) is 1. The zero-order valence-corrected chi connectivity index (χ0v) is 72.6. The standard InChI is InChI=1S/C61H68N2.C31H36Br2.C15H17N/c1-9-11-13-17-23-48-37-49(24-18-14-12-10-2)39-50(38-48)59-57-40-53(62(51-25-19-15-20-26-51)60-44(5)33-42(3)34-45(60)6)29-31-55(57)56-32-30-54(41-58(56)59)63(52-27-21-16-22-28-52)61-46(7)35-43(4)36-47(61)8;1-3-5-7-9-11-22-17-23(12-10-8-6-4-2)19-24(18-22)31-29-20-25(32)13-15-27(29)28-16-14-26(33)21-30(28)31;1-11-9-12(2)15(13(3)10-11)16-14-7-5-4-6-8-14/h15-16,19-22,25-41,59H,9-14,17-18,23-24H2,1-8H3;13-21,31H,3-12H2,1-2H3;4-10,16H,1-3H3. The first-order valence-electron chi connectivity index (χ1n) is 42.3. The monoisotopic (exact) mass is 1610 g/mol. The Morgan fingerprint density at radius 3 is 0.893 bits per heavy atom. The fraction of sp³-hybridized carbons (Fsp3) is 0.327. The minimum absolute atomic E-state index is 0.0792. The topological polar surface area (TPSA) is 18.5 Å². The van der Waals surface area contributed by atoms with Gasteiger partial charge < -0.3 is 15.1 Å². The van der Waals surface area contributed by atoms with Gasteiger partial charge in [-0.05, 0) is 310 Å². The molecule has 3 nitrogen and oxygen atoms in total. The maximum Gasteiger partial charge on any atom is 0.0520 e. The van der Waals surface area contributed by atoms with E-state index in [1.165, 1.54) is 283 Å². The molecule has 0 heterocycles. The molecule has 14 rings (SSSR count). The average molecular weight is 1610 g/mol. The molecule has 0 aliphatic heterocycles. The van der Waals surface area contributed by atoms with Gasteiger partial charge in [-0.25, -0.2) is 0 Å². The van der Waals surface area contributed by atoms with Crippen molar-refractivity contribution in [1.82, 2.24) is 0 Å². The molecule has 0 bridgehead atoms. The molecule has 0 atom stereocenters. The van der Waals surface area contributed by atoms with Crippen molar-refractivity contribution in [2.45, 2.75) is 230 Å². The number of unbranched alkanes of at least 4 members (excludes halogenated alkanes) is 12. The van der Waals surface area contributed by atoms with E-state index in [0.717, 1.165) is 27.5 Å². The van der Waals surface area contributed by atoms with Crippen molar-refractivity contribution in [3.05, 3.63) is 351 Å². The van der Waals surface area contributed by atoms with Crippen LogP contribution in [0.2, 0.25) is 0 Å². The summed E-state index contributed by atoms with van der Waals surface area (Å²) in [5, 5.41) is 3.47. The number of anilines is 8. The highest BCUT2D eigenvalue weighted by molar-refractivity contribution is 9.10. The number of hydrogen-bond acceptors (Lipinski definition) is 3. The molecule has 578 valence electrons. The van der Waals surface area contributed by atoms with E-state index in [2.05, 4.69) is 355 Å². The number of halogens is 2. The van der Waals surface area contributed by atoms with Gasteiger partial charge in [0.1, 0.15) is 0 Å². The summed E-state index contributed by atoms with van der Waals surface area (Å²) in [4.78, 5) is 5.00. The van der Waals surface area contributed by atoms with Crippen LogP contribution in [-0.4, -0.2) is 0 Å². The Morgan fingerprint density at radius 1 is 0.277 bits per heavy atom. The fourth-order valence-corrected chi connectivity index (χ4v) is 18.8. The van der Waals surface area contributed by atoms with Gasteiger partial charge in [-0.2, -0.15) is 0 Å². The Kier molecular flexibility index (Phi) is 29.2. The molecule has 0 saturated carbocycles. The molecule has 1 N–H and O–H groups in total. The summed E-state index contributed by atoms with van der Waals surface area (Å²) in [5.41, 5.74) is 41.2. The molecule has 12 aromatic rings. The largest absolute Gasteiger partial charge is 0.355 e. The van der Waals surface area contributed by atoms with E-state index in [0.29, 0.717) is 5.92 Å². The van der Waals surface area contributed by atoms with E-state index in [1.54, 1.807) is 0 Å². The molecule has 0 aromatic heterocycles. The quantitative estimate of drug-likeness (QED) is 0.0453. The Morgan fingerprint density at radius 2 is 0.571 bits per heavy atom. The SMILES string of the molecule is CCCCCCc1cc(CCCCCC)cc(C2c3cc(Br)ccc3-c3ccc(Br)cc32)c1.CCCCCCc1cc(CCCCCC)cc(C2c3cc(N(c4ccccc4)c4c(C)cc(C)cc4C)ccc3-c3ccc(N(c4ccccc4)c4c(C)cc(C)cc4C)cc32)c1.Cc1cc(C)c(Nc2ccccc2)c(C)c1. The normalized spacial score (nSPS) is 12.0. The number of benzene rings is 12. The van der Waals surface area contributed by atoms with Gasteiger partial charge in [-0.1, -0.05) is 305 Å². The van der Waals surface area contributed by atoms with Crippen LogP contribution in [0.4, 0.5) is 45.5 Å². The van der Waals surface area contributed by atoms with Crippen LogP contribution in [0.1, 0.15) is 248 Å². The smallest absolute Gasteiger partial charge is 0.0520 e. The van der Waals surface area contributed by atoms with Crippen molar-refractivity contribution in [3.63, 3.8) is 0 Å². The summed E-state index contributed by atoms with van der Waals surface area (Å²) in [7, 11) is 0. The number of nitrogens with one attached hydrogen (secondary N) is 1. The lowest BCUT2D eigenvalue weighted by Crippen LogP contribution is -2.14. The molecule has 0 fully saturated rings. The van der Waals surface area contributed by atoms with Crippen LogP contribution in [0.3, 0.4) is 0 Å². The minimum Gasteiger partial charge on any atom is -0.355 e. The highest BCUT2D eigenvalue weighted by Crippen LogP contribution is 2.54. The Labute approximate surface area is 691 Å². The van der Waals surface area contributed by atoms with Crippen molar-refractivity contribution in [1.29, 1.82) is 0 Å². The number of aryl methyl sites for hydroxylation is 13. The predicted octanol–water partition coefficient (Wildman–Crippen LogP) is 32.9. The number of para-hydroxylation sites is 3. The van der Waals surface area contributed by atoms with Crippen LogP contribution >= 0.6 is 31.9 Å². The van der Waals surface area contributed by atoms with E-state index in [1.807, 2.05) is 18.2 Å². The third kappa shape index (κ3) is 20.3. The van der Waals surface area contributed by atoms with Gasteiger partial charge >= 0.3 is 0 Å². The lowest BCUT2D eigenvalue weighted by atomic mass is 9.85. The highest BCUT2D eigenvalue weighted by atomic mass is 79.9. The third-order valence-electron chi connectivity index (χ3n) is 23.0. The zero-order chi connectivity index (χ0) is 78.8. The fourth-order valence-electron chi connectivity index (χ4n) is 18.0. The summed E-state index contributed by atoms with van der Waals surface area (Å²) in [5.74, 6) is 0.380. The molecule has 2 aliphatic rings. The van der Waals surface area contributed by atoms with E-state index >= 15 is 0 Å². The summed E-state index contributed by atoms with van der Waals surface area (Å²) in [6, 6.07) is 89.4. The van der Waals surface area contributed by atoms with Gasteiger partial charge in [-0.15, -0.1) is 0 Å². The second-order valence-corrected chi connectivity index (χ2v) is 34.2. The number of rotatable bonds is 30. The molecule has 0 radical (unpaired) electrons. The maximum atomic E-state index is 3.74. The van der Waals surface area contributed by atoms with Crippen LogP contribution in [0, 0.1) is 62.3 Å². The van der Waals surface area contributed by atoms with Crippen LogP contribution in [0.25, 0.3) is 22.3 Å². The van der Waals surface area contributed by atoms with Gasteiger partial charge in [0.2, 0.25) is 0 Å². The molecule has 12 aromatic carbocycles. The minimum atomic E-state index is 0.0792. The summed E-state index contributed by atoms with van der Waals surface area (Å²) >= 11 is 7.48. The summed E-state index contributed by atoms with van der Waals surface area (Å²) in [6.07, 6.45) is 25.3. The van der Waals surface area contributed by atoms with E-state index in [9.17, 15) is 0 Å². The Hall–Kier alpha value is -9.00. The second kappa shape index (κ2) is 39.6. The van der Waals surface area contributed by atoms with E-state index < -0.39 is 0 Å². The van der Waals surface area contributed by atoms with Crippen molar-refractivity contribution in [3.8, 4) is 22.3 Å². The Balaban J connectivity index is 0.000000195. The van der Waals surface area contributed by atoms with Crippen LogP contribution in [0.15, 0.2) is 246 Å². The van der Waals surface area contributed by atoms with Gasteiger partial charge in [0, 0.05) is 54.9 Å². The summed E-state index contributed by atoms with van der Waals surface area (Å²) in [6.45, 7) is 29.1. The molecule has 0 amide bonds. The predicted molar refractivity (Wildman–Crippen MR) is 493 cm³/mol. The van der Waals surface area contributed by atoms with Crippen molar-refractivity contribution < 1.29 is 0 Å². The molecule has 2 aliphatic carbocycles. The first kappa shape index (κ1) is 82.5. The van der Waals surface area contributed by atoms with Crippen LogP contribution in [0.5, 0.6) is 0 Å². The molecular weight excluding hydrogens is 1490 g/mol. The van der Waals surface area contributed by atoms with Crippen molar-refractivity contribution >= 4 is 77.4 Å². The first-order chi connectivity index (χ1) is 54.4. The van der Waals surface area contributed by atoms with E-state index in [-0.39, 0.29) is 5.92 Å². The molecule has 112 heavy (non-hydrogen) atoms. The third-order valence-corrected chi connectivity index (χ3v) is 24.0. The maximum absolute atomic E-state index is 3.74. The molecule has 0 saturated heterocycles. The molecule has 0 unspecified atom stereocenters. The van der Waals surface area contributed by atoms with Gasteiger partial charge in [0.25, 0.3) is 0 Å². The van der Waals surface area contributed by atoms with Crippen LogP contribution in [-0.2, 0) is 25.7 Å². The van der Waals surface area contributed by atoms with Gasteiger partial charge in [-0.3, -0.25) is 0 Å². The summed E-state index contributed by atoms with van der Waals surface area (Å²) < 4.78 is 2.32. The van der Waals surface area contributed by atoms with Gasteiger partial charge in [0.05, 0.1) is 11.4 Å². The molecule has 5 heteroatoms. The lowest BCUT2D eigenvalue weighted by molar-refractivity contribution is 0.660. The number of nitrogens with zero attached hydrogens (tertiary/aromatic N) is 2. The lowest BCUT2D eigenvalue weighted by Gasteiger charge is -2.30. The van der Waals surface area contributed by atoms with Crippen molar-refractivity contribution in [2.75, 3.05) is 15.1 Å².